The van der Waals surface area contributed by atoms with Crippen LogP contribution in [0.2, 0.25) is 5.02 Å². The van der Waals surface area contributed by atoms with E-state index in [9.17, 15) is 22.8 Å². The van der Waals surface area contributed by atoms with Crippen LogP contribution in [0.5, 0.6) is 11.5 Å². The maximum Gasteiger partial charge on any atom is 0.417 e. The van der Waals surface area contributed by atoms with Crippen molar-refractivity contribution in [3.63, 3.8) is 0 Å². The molecule has 1 aromatic heterocycles. The largest absolute Gasteiger partial charge is 0.469 e. The lowest BCUT2D eigenvalue weighted by atomic mass is 10.1. The molecule has 0 fully saturated rings. The van der Waals surface area contributed by atoms with Gasteiger partial charge in [-0.2, -0.15) is 13.2 Å². The fraction of sp³-hybridized carbons (Fsp3) is 0.345. The molecule has 0 saturated heterocycles. The first-order valence-electron chi connectivity index (χ1n) is 13.1. The summed E-state index contributed by atoms with van der Waals surface area (Å²) in [5.74, 6) is 0.968. The maximum absolute atomic E-state index is 13.0. The predicted octanol–water partition coefficient (Wildman–Crippen LogP) is 7.79. The van der Waals surface area contributed by atoms with Crippen LogP contribution in [0.3, 0.4) is 0 Å². The predicted molar refractivity (Wildman–Crippen MR) is 151 cm³/mol. The van der Waals surface area contributed by atoms with E-state index in [0.29, 0.717) is 30.2 Å². The number of unbranched alkanes of at least 4 members (excludes halogenated alkanes) is 4. The van der Waals surface area contributed by atoms with Gasteiger partial charge in [0, 0.05) is 36.6 Å². The zero-order valence-electron chi connectivity index (χ0n) is 22.5. The molecule has 0 aliphatic heterocycles. The fourth-order valence-corrected chi connectivity index (χ4v) is 4.07. The van der Waals surface area contributed by atoms with Gasteiger partial charge in [-0.3, -0.25) is 9.78 Å². The standard InChI is InChI=1S/C29H32ClF3N4O4/c1-40-27(38)7-5-3-2-4-6-15-34-19-22-17-24(14-16-35-22)41-23-11-8-20(9-12-23)36-28(39)37-21-10-13-26(30)25(18-21)29(31,32)33/h8-14,16-18,34H,2-7,15,19H2,1H3,(H2,36,37,39). The summed E-state index contributed by atoms with van der Waals surface area (Å²) in [4.78, 5) is 27.7. The van der Waals surface area contributed by atoms with E-state index in [-0.39, 0.29) is 11.7 Å². The number of rotatable bonds is 14. The molecule has 3 N–H and O–H groups in total. The number of pyridine rings is 1. The van der Waals surface area contributed by atoms with Crippen LogP contribution in [-0.4, -0.2) is 30.6 Å². The quantitative estimate of drug-likeness (QED) is 0.130. The normalized spacial score (nSPS) is 11.1. The SMILES string of the molecule is COC(=O)CCCCCCCNCc1cc(Oc2ccc(NC(=O)Nc3ccc(Cl)c(C(F)(F)F)c3)cc2)ccn1. The number of anilines is 2. The average Bonchev–Trinajstić information content (AvgIpc) is 2.93. The van der Waals surface area contributed by atoms with Gasteiger partial charge in [-0.1, -0.05) is 30.9 Å². The number of carbonyl (C=O) groups is 2. The minimum absolute atomic E-state index is 0.0466. The average molecular weight is 593 g/mol. The van der Waals surface area contributed by atoms with Gasteiger partial charge in [0.05, 0.1) is 23.4 Å². The lowest BCUT2D eigenvalue weighted by Crippen LogP contribution is -2.19. The van der Waals surface area contributed by atoms with Gasteiger partial charge in [-0.15, -0.1) is 0 Å². The van der Waals surface area contributed by atoms with E-state index >= 15 is 0 Å². The second-order valence-electron chi connectivity index (χ2n) is 9.15. The van der Waals surface area contributed by atoms with Crippen molar-refractivity contribution < 1.29 is 32.2 Å². The smallest absolute Gasteiger partial charge is 0.417 e. The number of amides is 2. The minimum Gasteiger partial charge on any atom is -0.469 e. The number of alkyl halides is 3. The van der Waals surface area contributed by atoms with Crippen molar-refractivity contribution in [1.29, 1.82) is 0 Å². The molecule has 0 bridgehead atoms. The zero-order chi connectivity index (χ0) is 29.7. The van der Waals surface area contributed by atoms with Gasteiger partial charge < -0.3 is 25.4 Å². The lowest BCUT2D eigenvalue weighted by Gasteiger charge is -2.13. The molecule has 3 rings (SSSR count). The van der Waals surface area contributed by atoms with E-state index in [1.807, 2.05) is 6.07 Å². The molecule has 2 aromatic carbocycles. The summed E-state index contributed by atoms with van der Waals surface area (Å²) in [6.07, 6.45) is 2.54. The van der Waals surface area contributed by atoms with Gasteiger partial charge in [-0.05, 0) is 67.9 Å². The monoisotopic (exact) mass is 592 g/mol. The van der Waals surface area contributed by atoms with E-state index in [1.165, 1.54) is 13.2 Å². The Kier molecular flexibility index (Phi) is 12.2. The molecule has 1 heterocycles. The number of halogens is 4. The van der Waals surface area contributed by atoms with Crippen LogP contribution in [0.1, 0.15) is 49.8 Å². The summed E-state index contributed by atoms with van der Waals surface area (Å²) in [6.45, 7) is 1.45. The van der Waals surface area contributed by atoms with Crippen molar-refractivity contribution in [2.24, 2.45) is 0 Å². The first-order chi connectivity index (χ1) is 19.6. The van der Waals surface area contributed by atoms with E-state index in [1.54, 1.807) is 36.5 Å². The van der Waals surface area contributed by atoms with Gasteiger partial charge in [0.25, 0.3) is 0 Å². The third kappa shape index (κ3) is 11.3. The van der Waals surface area contributed by atoms with Crippen LogP contribution >= 0.6 is 11.6 Å². The van der Waals surface area contributed by atoms with E-state index < -0.39 is 22.8 Å². The molecule has 8 nitrogen and oxygen atoms in total. The molecule has 2 amide bonds. The number of urea groups is 1. The second-order valence-corrected chi connectivity index (χ2v) is 9.56. The molecule has 0 spiro atoms. The number of ether oxygens (including phenoxy) is 2. The van der Waals surface area contributed by atoms with Crippen molar-refractivity contribution in [3.05, 3.63) is 77.1 Å². The number of hydrogen-bond acceptors (Lipinski definition) is 6. The molecule has 3 aromatic rings. The van der Waals surface area contributed by atoms with Crippen LogP contribution in [0.4, 0.5) is 29.3 Å². The van der Waals surface area contributed by atoms with Crippen molar-refractivity contribution >= 4 is 35.0 Å². The number of benzene rings is 2. The molecular weight excluding hydrogens is 561 g/mol. The third-order valence-electron chi connectivity index (χ3n) is 5.93. The Labute approximate surface area is 241 Å². The number of carbonyl (C=O) groups excluding carboxylic acids is 2. The summed E-state index contributed by atoms with van der Waals surface area (Å²) < 4.78 is 49.6. The Morgan fingerprint density at radius 3 is 2.29 bits per heavy atom. The van der Waals surface area contributed by atoms with Gasteiger partial charge in [0.1, 0.15) is 11.5 Å². The molecule has 0 atom stereocenters. The fourth-order valence-electron chi connectivity index (χ4n) is 3.84. The Morgan fingerprint density at radius 2 is 1.56 bits per heavy atom. The van der Waals surface area contributed by atoms with Crippen molar-refractivity contribution in [2.45, 2.75) is 51.2 Å². The van der Waals surface area contributed by atoms with Crippen molar-refractivity contribution in [3.8, 4) is 11.5 Å². The van der Waals surface area contributed by atoms with Gasteiger partial charge >= 0.3 is 18.2 Å². The second kappa shape index (κ2) is 15.8. The van der Waals surface area contributed by atoms with Crippen LogP contribution in [-0.2, 0) is 22.3 Å². The summed E-state index contributed by atoms with van der Waals surface area (Å²) in [7, 11) is 1.40. The number of hydrogen-bond donors (Lipinski definition) is 3. The summed E-state index contributed by atoms with van der Waals surface area (Å²) in [6, 6.07) is 12.5. The topological polar surface area (TPSA) is 102 Å². The van der Waals surface area contributed by atoms with Crippen molar-refractivity contribution in [2.75, 3.05) is 24.3 Å². The first kappa shape index (κ1) is 31.7. The highest BCUT2D eigenvalue weighted by Crippen LogP contribution is 2.36. The Hall–Kier alpha value is -3.83. The maximum atomic E-state index is 13.0. The highest BCUT2D eigenvalue weighted by atomic mass is 35.5. The van der Waals surface area contributed by atoms with Crippen LogP contribution < -0.4 is 20.7 Å². The number of nitrogens with zero attached hydrogens (tertiary/aromatic N) is 1. The Morgan fingerprint density at radius 1 is 0.878 bits per heavy atom. The third-order valence-corrected chi connectivity index (χ3v) is 6.26. The highest BCUT2D eigenvalue weighted by Gasteiger charge is 2.33. The van der Waals surface area contributed by atoms with Gasteiger partial charge in [0.15, 0.2) is 0 Å². The number of nitrogens with one attached hydrogen (secondary N) is 3. The number of aromatic nitrogens is 1. The molecular formula is C29H32ClF3N4O4. The molecule has 0 radical (unpaired) electrons. The van der Waals surface area contributed by atoms with Crippen LogP contribution in [0.25, 0.3) is 0 Å². The van der Waals surface area contributed by atoms with Crippen LogP contribution in [0.15, 0.2) is 60.8 Å². The van der Waals surface area contributed by atoms with Gasteiger partial charge in [0.2, 0.25) is 0 Å². The first-order valence-corrected chi connectivity index (χ1v) is 13.5. The molecule has 0 unspecified atom stereocenters. The van der Waals surface area contributed by atoms with E-state index in [2.05, 4.69) is 25.7 Å². The minimum atomic E-state index is -4.64. The molecule has 12 heteroatoms. The highest BCUT2D eigenvalue weighted by molar-refractivity contribution is 6.31. The summed E-state index contributed by atoms with van der Waals surface area (Å²) >= 11 is 5.61. The molecule has 41 heavy (non-hydrogen) atoms. The summed E-state index contributed by atoms with van der Waals surface area (Å²) in [5.41, 5.74) is 0.165. The molecule has 0 aliphatic rings. The van der Waals surface area contributed by atoms with Crippen molar-refractivity contribution in [1.82, 2.24) is 10.3 Å². The Bertz CT molecular complexity index is 1290. The van der Waals surface area contributed by atoms with Gasteiger partial charge in [-0.25, -0.2) is 4.79 Å². The Balaban J connectivity index is 1.40. The lowest BCUT2D eigenvalue weighted by molar-refractivity contribution is -0.140. The number of esters is 1. The molecule has 0 saturated carbocycles. The van der Waals surface area contributed by atoms with Crippen LogP contribution in [0, 0.1) is 0 Å². The van der Waals surface area contributed by atoms with E-state index in [4.69, 9.17) is 16.3 Å². The molecule has 0 aliphatic carbocycles. The summed E-state index contributed by atoms with van der Waals surface area (Å²) in [5, 5.41) is 7.84. The molecule has 220 valence electrons. The number of methoxy groups -OCH3 is 1. The van der Waals surface area contributed by atoms with E-state index in [0.717, 1.165) is 56.5 Å². The zero-order valence-corrected chi connectivity index (χ0v) is 23.3.